The minimum absolute atomic E-state index is 0.266. The highest BCUT2D eigenvalue weighted by molar-refractivity contribution is 5.90. The number of aromatic nitrogens is 1. The normalized spacial score (nSPS) is 23.1. The van der Waals surface area contributed by atoms with Crippen molar-refractivity contribution in [2.75, 3.05) is 13.1 Å². The molecule has 0 spiro atoms. The first-order valence-corrected chi connectivity index (χ1v) is 6.85. The third kappa shape index (κ3) is 1.84. The Morgan fingerprint density at radius 3 is 2.61 bits per heavy atom. The predicted octanol–water partition coefficient (Wildman–Crippen LogP) is 2.27. The van der Waals surface area contributed by atoms with Gasteiger partial charge >= 0.3 is 0 Å². The highest BCUT2D eigenvalue weighted by Gasteiger charge is 2.55. The summed E-state index contributed by atoms with van der Waals surface area (Å²) >= 11 is 0. The molecule has 1 aliphatic heterocycles. The van der Waals surface area contributed by atoms with Gasteiger partial charge in [-0.05, 0) is 38.5 Å². The Labute approximate surface area is 107 Å². The van der Waals surface area contributed by atoms with Gasteiger partial charge in [0.1, 0.15) is 5.76 Å². The van der Waals surface area contributed by atoms with Crippen LogP contribution in [0.5, 0.6) is 0 Å². The molecule has 1 aromatic rings. The Morgan fingerprint density at radius 2 is 2.11 bits per heavy atom. The maximum atomic E-state index is 12.6. The SMILES string of the molecule is Cc1cc(C2(C(=O)N3CCC(C)CC3)CC2)no1. The van der Waals surface area contributed by atoms with Crippen LogP contribution in [0.2, 0.25) is 0 Å². The topological polar surface area (TPSA) is 46.3 Å². The Morgan fingerprint density at radius 1 is 1.44 bits per heavy atom. The van der Waals surface area contributed by atoms with Crippen molar-refractivity contribution in [3.8, 4) is 0 Å². The lowest BCUT2D eigenvalue weighted by Crippen LogP contribution is -2.43. The minimum Gasteiger partial charge on any atom is -0.361 e. The van der Waals surface area contributed by atoms with Gasteiger partial charge in [0.15, 0.2) is 0 Å². The molecule has 2 heterocycles. The number of carbonyl (C=O) groups is 1. The number of rotatable bonds is 2. The molecule has 1 saturated carbocycles. The molecular weight excluding hydrogens is 228 g/mol. The van der Waals surface area contributed by atoms with E-state index in [9.17, 15) is 4.79 Å². The van der Waals surface area contributed by atoms with Gasteiger partial charge in [-0.1, -0.05) is 12.1 Å². The summed E-state index contributed by atoms with van der Waals surface area (Å²) in [6.45, 7) is 5.94. The van der Waals surface area contributed by atoms with Crippen LogP contribution >= 0.6 is 0 Å². The van der Waals surface area contributed by atoms with Crippen LogP contribution in [0.4, 0.5) is 0 Å². The fourth-order valence-electron chi connectivity index (χ4n) is 2.81. The van der Waals surface area contributed by atoms with E-state index in [1.807, 2.05) is 17.9 Å². The fourth-order valence-corrected chi connectivity index (χ4v) is 2.81. The van der Waals surface area contributed by atoms with E-state index in [1.54, 1.807) is 0 Å². The summed E-state index contributed by atoms with van der Waals surface area (Å²) in [5.41, 5.74) is 0.488. The maximum absolute atomic E-state index is 12.6. The van der Waals surface area contributed by atoms with E-state index in [2.05, 4.69) is 12.1 Å². The van der Waals surface area contributed by atoms with E-state index in [-0.39, 0.29) is 11.3 Å². The van der Waals surface area contributed by atoms with Crippen LogP contribution in [0.25, 0.3) is 0 Å². The van der Waals surface area contributed by atoms with E-state index in [1.165, 1.54) is 0 Å². The molecular formula is C14H20N2O2. The lowest BCUT2D eigenvalue weighted by atomic mass is 9.95. The first kappa shape index (κ1) is 11.8. The van der Waals surface area contributed by atoms with Crippen molar-refractivity contribution in [3.05, 3.63) is 17.5 Å². The molecule has 0 bridgehead atoms. The smallest absolute Gasteiger partial charge is 0.234 e. The van der Waals surface area contributed by atoms with Crippen molar-refractivity contribution >= 4 is 5.91 Å². The van der Waals surface area contributed by atoms with Crippen molar-refractivity contribution in [1.82, 2.24) is 10.1 Å². The number of hydrogen-bond acceptors (Lipinski definition) is 3. The third-order valence-electron chi connectivity index (χ3n) is 4.35. The van der Waals surface area contributed by atoms with E-state index >= 15 is 0 Å². The second-order valence-electron chi connectivity index (χ2n) is 5.88. The number of nitrogens with zero attached hydrogens (tertiary/aromatic N) is 2. The molecule has 4 nitrogen and oxygen atoms in total. The molecule has 0 radical (unpaired) electrons. The Bertz CT molecular complexity index is 454. The van der Waals surface area contributed by atoms with Gasteiger partial charge in [-0.15, -0.1) is 0 Å². The predicted molar refractivity (Wildman–Crippen MR) is 67.1 cm³/mol. The van der Waals surface area contributed by atoms with Crippen molar-refractivity contribution in [3.63, 3.8) is 0 Å². The summed E-state index contributed by atoms with van der Waals surface area (Å²) in [4.78, 5) is 14.7. The van der Waals surface area contributed by atoms with Crippen molar-refractivity contribution < 1.29 is 9.32 Å². The molecule has 1 aliphatic carbocycles. The van der Waals surface area contributed by atoms with Crippen LogP contribution in [0.15, 0.2) is 10.6 Å². The van der Waals surface area contributed by atoms with Crippen molar-refractivity contribution in [1.29, 1.82) is 0 Å². The van der Waals surface area contributed by atoms with Crippen LogP contribution in [0.1, 0.15) is 44.1 Å². The molecule has 1 aromatic heterocycles. The number of carbonyl (C=O) groups excluding carboxylic acids is 1. The standard InChI is InChI=1S/C14H20N2O2/c1-10-3-7-16(8-4-10)13(17)14(5-6-14)12-9-11(2)18-15-12/h9-10H,3-8H2,1-2H3. The summed E-state index contributed by atoms with van der Waals surface area (Å²) in [5.74, 6) is 1.80. The van der Waals surface area contributed by atoms with Crippen molar-refractivity contribution in [2.24, 2.45) is 5.92 Å². The van der Waals surface area contributed by atoms with Crippen LogP contribution in [0.3, 0.4) is 0 Å². The number of amides is 1. The molecule has 4 heteroatoms. The highest BCUT2D eigenvalue weighted by Crippen LogP contribution is 2.49. The zero-order valence-electron chi connectivity index (χ0n) is 11.1. The molecule has 0 atom stereocenters. The zero-order valence-corrected chi connectivity index (χ0v) is 11.1. The molecule has 1 amide bonds. The minimum atomic E-state index is -0.349. The van der Waals surface area contributed by atoms with Gasteiger partial charge in [-0.3, -0.25) is 4.79 Å². The molecule has 0 aromatic carbocycles. The molecule has 1 saturated heterocycles. The maximum Gasteiger partial charge on any atom is 0.234 e. The molecule has 18 heavy (non-hydrogen) atoms. The molecule has 2 aliphatic rings. The number of hydrogen-bond donors (Lipinski definition) is 0. The third-order valence-corrected chi connectivity index (χ3v) is 4.35. The van der Waals surface area contributed by atoms with Crippen LogP contribution in [-0.2, 0) is 10.2 Å². The summed E-state index contributed by atoms with van der Waals surface area (Å²) in [7, 11) is 0. The van der Waals surface area contributed by atoms with Gasteiger partial charge in [-0.2, -0.15) is 0 Å². The van der Waals surface area contributed by atoms with Gasteiger partial charge < -0.3 is 9.42 Å². The fraction of sp³-hybridized carbons (Fsp3) is 0.714. The number of piperidine rings is 1. The zero-order chi connectivity index (χ0) is 12.8. The summed E-state index contributed by atoms with van der Waals surface area (Å²) < 4.78 is 5.12. The summed E-state index contributed by atoms with van der Waals surface area (Å²) in [5, 5.41) is 4.06. The second kappa shape index (κ2) is 4.11. The number of aryl methyl sites for hydroxylation is 1. The highest BCUT2D eigenvalue weighted by atomic mass is 16.5. The van der Waals surface area contributed by atoms with Crippen LogP contribution < -0.4 is 0 Å². The largest absolute Gasteiger partial charge is 0.361 e. The molecule has 3 rings (SSSR count). The van der Waals surface area contributed by atoms with Crippen molar-refractivity contribution in [2.45, 2.75) is 44.9 Å². The molecule has 0 unspecified atom stereocenters. The Balaban J connectivity index is 1.76. The lowest BCUT2D eigenvalue weighted by Gasteiger charge is -2.32. The van der Waals surface area contributed by atoms with Gasteiger partial charge in [0.25, 0.3) is 0 Å². The van der Waals surface area contributed by atoms with E-state index in [0.717, 1.165) is 56.1 Å². The Kier molecular flexibility index (Phi) is 2.68. The van der Waals surface area contributed by atoms with Crippen LogP contribution in [0, 0.1) is 12.8 Å². The first-order chi connectivity index (χ1) is 8.62. The second-order valence-corrected chi connectivity index (χ2v) is 5.88. The van der Waals surface area contributed by atoms with E-state index in [0.29, 0.717) is 0 Å². The average Bonchev–Trinajstić information content (AvgIpc) is 3.07. The van der Waals surface area contributed by atoms with Gasteiger partial charge in [0, 0.05) is 19.2 Å². The van der Waals surface area contributed by atoms with Gasteiger partial charge in [0.2, 0.25) is 5.91 Å². The summed E-state index contributed by atoms with van der Waals surface area (Å²) in [6.07, 6.45) is 4.09. The summed E-state index contributed by atoms with van der Waals surface area (Å²) in [6, 6.07) is 1.91. The van der Waals surface area contributed by atoms with E-state index < -0.39 is 0 Å². The Hall–Kier alpha value is -1.32. The molecule has 0 N–H and O–H groups in total. The lowest BCUT2D eigenvalue weighted by molar-refractivity contribution is -0.135. The first-order valence-electron chi connectivity index (χ1n) is 6.85. The monoisotopic (exact) mass is 248 g/mol. The average molecular weight is 248 g/mol. The van der Waals surface area contributed by atoms with Crippen LogP contribution in [-0.4, -0.2) is 29.1 Å². The van der Waals surface area contributed by atoms with Gasteiger partial charge in [-0.25, -0.2) is 0 Å². The van der Waals surface area contributed by atoms with Gasteiger partial charge in [0.05, 0.1) is 11.1 Å². The quantitative estimate of drug-likeness (QED) is 0.806. The van der Waals surface area contributed by atoms with E-state index in [4.69, 9.17) is 4.52 Å². The molecule has 2 fully saturated rings. The number of likely N-dealkylation sites (tertiary alicyclic amines) is 1. The molecule has 98 valence electrons.